The van der Waals surface area contributed by atoms with Crippen LogP contribution >= 0.6 is 0 Å². The zero-order valence-corrected chi connectivity index (χ0v) is 8.30. The van der Waals surface area contributed by atoms with Gasteiger partial charge in [-0.25, -0.2) is 0 Å². The minimum absolute atomic E-state index is 0.308. The molecule has 2 N–H and O–H groups in total. The number of aryl methyl sites for hydroxylation is 2. The second kappa shape index (κ2) is 2.81. The minimum atomic E-state index is -0.308. The van der Waals surface area contributed by atoms with Crippen molar-refractivity contribution in [2.75, 3.05) is 0 Å². The van der Waals surface area contributed by atoms with Crippen LogP contribution in [0.15, 0.2) is 12.1 Å². The fourth-order valence-electron chi connectivity index (χ4n) is 1.78. The number of nitrogens with zero attached hydrogens (tertiary/aromatic N) is 1. The van der Waals surface area contributed by atoms with Crippen LogP contribution in [0.3, 0.4) is 0 Å². The molecule has 0 fully saturated rings. The van der Waals surface area contributed by atoms with Crippen molar-refractivity contribution in [1.29, 1.82) is 0 Å². The monoisotopic (exact) mass is 176 g/mol. The summed E-state index contributed by atoms with van der Waals surface area (Å²) in [6.07, 6.45) is 3.56. The SMILES string of the molecule is CC(C)(N)c1ccc2c(n1)CCC2. The highest BCUT2D eigenvalue weighted by molar-refractivity contribution is 5.29. The summed E-state index contributed by atoms with van der Waals surface area (Å²) >= 11 is 0. The molecule has 0 spiro atoms. The zero-order chi connectivity index (χ0) is 9.47. The number of hydrogen-bond acceptors (Lipinski definition) is 2. The van der Waals surface area contributed by atoms with E-state index in [4.69, 9.17) is 5.73 Å². The smallest absolute Gasteiger partial charge is 0.0600 e. The quantitative estimate of drug-likeness (QED) is 0.708. The fourth-order valence-corrected chi connectivity index (χ4v) is 1.78. The van der Waals surface area contributed by atoms with E-state index in [1.807, 2.05) is 13.8 Å². The van der Waals surface area contributed by atoms with Gasteiger partial charge >= 0.3 is 0 Å². The van der Waals surface area contributed by atoms with Crippen molar-refractivity contribution in [3.8, 4) is 0 Å². The Bertz CT molecular complexity index is 323. The minimum Gasteiger partial charge on any atom is -0.321 e. The van der Waals surface area contributed by atoms with E-state index in [0.717, 1.165) is 12.1 Å². The van der Waals surface area contributed by atoms with Gasteiger partial charge in [0, 0.05) is 5.69 Å². The lowest BCUT2D eigenvalue weighted by Crippen LogP contribution is -2.30. The predicted octanol–water partition coefficient (Wildman–Crippen LogP) is 1.76. The van der Waals surface area contributed by atoms with E-state index in [1.165, 1.54) is 24.1 Å². The van der Waals surface area contributed by atoms with Crippen LogP contribution in [0.5, 0.6) is 0 Å². The fraction of sp³-hybridized carbons (Fsp3) is 0.545. The van der Waals surface area contributed by atoms with E-state index < -0.39 is 0 Å². The van der Waals surface area contributed by atoms with Crippen LogP contribution in [0.4, 0.5) is 0 Å². The molecule has 2 nitrogen and oxygen atoms in total. The molecule has 1 aliphatic rings. The van der Waals surface area contributed by atoms with Crippen LogP contribution in [0.25, 0.3) is 0 Å². The van der Waals surface area contributed by atoms with Gasteiger partial charge in [0.2, 0.25) is 0 Å². The average molecular weight is 176 g/mol. The third kappa shape index (κ3) is 1.59. The number of hydrogen-bond donors (Lipinski definition) is 1. The third-order valence-corrected chi connectivity index (χ3v) is 2.59. The topological polar surface area (TPSA) is 38.9 Å². The summed E-state index contributed by atoms with van der Waals surface area (Å²) in [5.74, 6) is 0. The number of fused-ring (bicyclic) bond motifs is 1. The average Bonchev–Trinajstić information content (AvgIpc) is 2.47. The van der Waals surface area contributed by atoms with Gasteiger partial charge in [-0.2, -0.15) is 0 Å². The molecule has 0 aromatic carbocycles. The molecule has 2 rings (SSSR count). The first kappa shape index (κ1) is 8.70. The van der Waals surface area contributed by atoms with E-state index in [0.29, 0.717) is 0 Å². The summed E-state index contributed by atoms with van der Waals surface area (Å²) < 4.78 is 0. The van der Waals surface area contributed by atoms with Crippen molar-refractivity contribution in [2.45, 2.75) is 38.6 Å². The first-order valence-corrected chi connectivity index (χ1v) is 4.85. The molecule has 0 amide bonds. The number of aromatic nitrogens is 1. The number of nitrogens with two attached hydrogens (primary N) is 1. The maximum atomic E-state index is 5.99. The highest BCUT2D eigenvalue weighted by atomic mass is 14.8. The Labute approximate surface area is 79.2 Å². The normalized spacial score (nSPS) is 15.9. The number of rotatable bonds is 1. The molecule has 1 aromatic heterocycles. The second-order valence-electron chi connectivity index (χ2n) is 4.38. The summed E-state index contributed by atoms with van der Waals surface area (Å²) in [5, 5.41) is 0. The molecule has 0 saturated heterocycles. The van der Waals surface area contributed by atoms with Gasteiger partial charge < -0.3 is 5.73 Å². The molecule has 0 radical (unpaired) electrons. The Kier molecular flexibility index (Phi) is 1.88. The van der Waals surface area contributed by atoms with Gasteiger partial charge in [-0.3, -0.25) is 4.98 Å². The van der Waals surface area contributed by atoms with Gasteiger partial charge in [0.05, 0.1) is 11.2 Å². The molecule has 0 saturated carbocycles. The Balaban J connectivity index is 2.42. The second-order valence-corrected chi connectivity index (χ2v) is 4.38. The Hall–Kier alpha value is -0.890. The molecular weight excluding hydrogens is 160 g/mol. The first-order valence-electron chi connectivity index (χ1n) is 4.85. The lowest BCUT2D eigenvalue weighted by Gasteiger charge is -2.18. The molecule has 0 bridgehead atoms. The highest BCUT2D eigenvalue weighted by Gasteiger charge is 2.19. The molecule has 70 valence electrons. The Morgan fingerprint density at radius 1 is 1.31 bits per heavy atom. The van der Waals surface area contributed by atoms with E-state index in [-0.39, 0.29) is 5.54 Å². The summed E-state index contributed by atoms with van der Waals surface area (Å²) in [4.78, 5) is 4.60. The highest BCUT2D eigenvalue weighted by Crippen LogP contribution is 2.23. The van der Waals surface area contributed by atoms with Crippen molar-refractivity contribution >= 4 is 0 Å². The van der Waals surface area contributed by atoms with Crippen LogP contribution in [0.1, 0.15) is 37.2 Å². The zero-order valence-electron chi connectivity index (χ0n) is 8.30. The van der Waals surface area contributed by atoms with E-state index in [9.17, 15) is 0 Å². The lowest BCUT2D eigenvalue weighted by atomic mass is 10.0. The molecule has 1 aromatic rings. The Morgan fingerprint density at radius 3 is 2.77 bits per heavy atom. The van der Waals surface area contributed by atoms with Crippen molar-refractivity contribution in [3.63, 3.8) is 0 Å². The van der Waals surface area contributed by atoms with Gasteiger partial charge in [-0.15, -0.1) is 0 Å². The van der Waals surface area contributed by atoms with E-state index >= 15 is 0 Å². The maximum absolute atomic E-state index is 5.99. The molecule has 1 aliphatic carbocycles. The van der Waals surface area contributed by atoms with Crippen LogP contribution < -0.4 is 5.73 Å². The van der Waals surface area contributed by atoms with Crippen molar-refractivity contribution in [1.82, 2.24) is 4.98 Å². The maximum Gasteiger partial charge on any atom is 0.0600 e. The molecule has 2 heteroatoms. The van der Waals surface area contributed by atoms with Crippen LogP contribution in [-0.4, -0.2) is 4.98 Å². The van der Waals surface area contributed by atoms with Gasteiger partial charge in [0.25, 0.3) is 0 Å². The van der Waals surface area contributed by atoms with Crippen molar-refractivity contribution in [2.24, 2.45) is 5.73 Å². The van der Waals surface area contributed by atoms with Crippen LogP contribution in [0, 0.1) is 0 Å². The largest absolute Gasteiger partial charge is 0.321 e. The third-order valence-electron chi connectivity index (χ3n) is 2.59. The molecule has 13 heavy (non-hydrogen) atoms. The predicted molar refractivity (Wildman–Crippen MR) is 53.5 cm³/mol. The first-order chi connectivity index (χ1) is 6.07. The van der Waals surface area contributed by atoms with Gasteiger partial charge in [-0.1, -0.05) is 6.07 Å². The van der Waals surface area contributed by atoms with Crippen molar-refractivity contribution in [3.05, 3.63) is 29.1 Å². The van der Waals surface area contributed by atoms with Crippen LogP contribution in [0.2, 0.25) is 0 Å². The Morgan fingerprint density at radius 2 is 2.08 bits per heavy atom. The molecule has 1 heterocycles. The molecular formula is C11H16N2. The van der Waals surface area contributed by atoms with Gasteiger partial charge in [-0.05, 0) is 44.7 Å². The van der Waals surface area contributed by atoms with E-state index in [2.05, 4.69) is 17.1 Å². The summed E-state index contributed by atoms with van der Waals surface area (Å²) in [6.45, 7) is 3.99. The summed E-state index contributed by atoms with van der Waals surface area (Å²) in [6, 6.07) is 4.24. The van der Waals surface area contributed by atoms with Crippen LogP contribution in [-0.2, 0) is 18.4 Å². The summed E-state index contributed by atoms with van der Waals surface area (Å²) in [5.41, 5.74) is 9.36. The van der Waals surface area contributed by atoms with Gasteiger partial charge in [0.1, 0.15) is 0 Å². The van der Waals surface area contributed by atoms with Crippen molar-refractivity contribution < 1.29 is 0 Å². The van der Waals surface area contributed by atoms with E-state index in [1.54, 1.807) is 0 Å². The lowest BCUT2D eigenvalue weighted by molar-refractivity contribution is 0.533. The molecule has 0 aliphatic heterocycles. The molecule has 0 unspecified atom stereocenters. The standard InChI is InChI=1S/C11H16N2/c1-11(2,12)10-7-6-8-4-3-5-9(8)13-10/h6-7H,3-5,12H2,1-2H3. The number of pyridine rings is 1. The van der Waals surface area contributed by atoms with Gasteiger partial charge in [0.15, 0.2) is 0 Å². The summed E-state index contributed by atoms with van der Waals surface area (Å²) in [7, 11) is 0. The molecule has 0 atom stereocenters.